The highest BCUT2D eigenvalue weighted by Crippen LogP contribution is 2.48. The van der Waals surface area contributed by atoms with Gasteiger partial charge in [0.15, 0.2) is 25.0 Å². The van der Waals surface area contributed by atoms with Crippen LogP contribution in [0.4, 0.5) is 0 Å². The molecular weight excluding hydrogens is 1030 g/mol. The van der Waals surface area contributed by atoms with Gasteiger partial charge in [0.25, 0.3) is 0 Å². The molecule has 0 saturated carbocycles. The lowest BCUT2D eigenvalue weighted by atomic mass is 9.85. The van der Waals surface area contributed by atoms with Crippen LogP contribution in [0.5, 0.6) is 0 Å². The van der Waals surface area contributed by atoms with Gasteiger partial charge in [-0.1, -0.05) is 128 Å². The smallest absolute Gasteiger partial charge is 0.338 e. The fourth-order valence-electron chi connectivity index (χ4n) is 9.35. The average molecular weight is 1130 g/mol. The predicted molar refractivity (Wildman–Crippen MR) is 296 cm³/mol. The number of hydrogen-bond acceptors (Lipinski definition) is 10. The van der Waals surface area contributed by atoms with Crippen molar-refractivity contribution in [2.24, 2.45) is 5.92 Å². The molecule has 4 heterocycles. The molecule has 0 aromatic heterocycles. The quantitative estimate of drug-likeness (QED) is 0.0413. The van der Waals surface area contributed by atoms with E-state index in [2.05, 4.69) is 157 Å². The van der Waals surface area contributed by atoms with Gasteiger partial charge >= 0.3 is 5.97 Å². The topological polar surface area (TPSA) is 100 Å². The molecule has 14 heteroatoms. The number of rotatable bonds is 20. The zero-order valence-corrected chi connectivity index (χ0v) is 51.4. The second kappa shape index (κ2) is 23.4. The SMILES string of the molecule is C=C(C)[C@H](C)CC1CC[C@@H]2OC(CCC(/C=C/[C@H](O[Si](C)(C)C(C)(C)C)[C@@H]3O[C@H]4CC[C@H](COC)O[C@@H]4[C@H](O[Si](C)(C)C(C)(C)C)[C@@H]3O[Si](C)(C)C(C)(C)C)OC(=O)c3ccccc3)C[C@]2(CI)O1. The summed E-state index contributed by atoms with van der Waals surface area (Å²) in [6.07, 6.45) is 7.73. The second-order valence-corrected chi connectivity index (χ2v) is 40.7. The number of fused-ring (bicyclic) bond motifs is 2. The van der Waals surface area contributed by atoms with Crippen LogP contribution >= 0.6 is 22.6 Å². The van der Waals surface area contributed by atoms with Gasteiger partial charge in [0.05, 0.1) is 48.8 Å². The summed E-state index contributed by atoms with van der Waals surface area (Å²) < 4.78 is 64.3. The number of methoxy groups -OCH3 is 1. The Morgan fingerprint density at radius 1 is 0.812 bits per heavy atom. The Hall–Kier alpha value is -0.769. The standard InChI is InChI=1S/C55H95IO10Si3/c1-37(2)38(3)33-41-29-32-46-55(36-56,63-41)34-42(59-46)26-25-40(61-51(57)39-23-21-20-22-24-39)27-31-45(64-67(14,15)52(4,5)6)48-50(66-69(18,19)54(10,11)12)49(65-68(16,17)53(7,8)9)47-44(62-48)30-28-43(60-47)35-58-13/h20-24,27,31,38,40-50H,1,25-26,28-30,32-36H2,2-19H3/b31-27+/t38-,40?,41?,42?,43-,44+,45+,46+,47+,48+,49+,50-,55-/m1/s1. The van der Waals surface area contributed by atoms with Crippen LogP contribution in [-0.4, -0.2) is 122 Å². The lowest BCUT2D eigenvalue weighted by molar-refractivity contribution is -0.269. The number of hydrogen-bond donors (Lipinski definition) is 0. The van der Waals surface area contributed by atoms with Crippen molar-refractivity contribution in [2.45, 2.75) is 255 Å². The highest BCUT2D eigenvalue weighted by Gasteiger charge is 2.58. The summed E-state index contributed by atoms with van der Waals surface area (Å²) in [5.74, 6) is 0.0415. The van der Waals surface area contributed by atoms with Gasteiger partial charge in [-0.05, 0) is 130 Å². The third-order valence-electron chi connectivity index (χ3n) is 17.1. The van der Waals surface area contributed by atoms with Crippen LogP contribution in [0.15, 0.2) is 54.6 Å². The molecule has 394 valence electrons. The third kappa shape index (κ3) is 14.8. The number of ether oxygens (including phenoxy) is 6. The first kappa shape index (κ1) is 59.1. The number of carbonyl (C=O) groups is 1. The number of benzene rings is 1. The number of esters is 1. The van der Waals surface area contributed by atoms with E-state index in [9.17, 15) is 4.79 Å². The molecular formula is C55H95IO10Si3. The summed E-state index contributed by atoms with van der Waals surface area (Å²) in [4.78, 5) is 14.0. The fourth-order valence-corrected chi connectivity index (χ4v) is 14.2. The van der Waals surface area contributed by atoms with Gasteiger partial charge in [0.1, 0.15) is 36.1 Å². The molecule has 0 amide bonds. The molecule has 5 rings (SSSR count). The highest BCUT2D eigenvalue weighted by molar-refractivity contribution is 14.1. The third-order valence-corrected chi connectivity index (χ3v) is 31.8. The van der Waals surface area contributed by atoms with Gasteiger partial charge in [0, 0.05) is 18.0 Å². The average Bonchev–Trinajstić information content (AvgIpc) is 3.62. The summed E-state index contributed by atoms with van der Waals surface area (Å²) in [7, 11) is -5.67. The molecule has 4 aliphatic rings. The van der Waals surface area contributed by atoms with Crippen molar-refractivity contribution in [3.8, 4) is 0 Å². The van der Waals surface area contributed by atoms with E-state index in [1.165, 1.54) is 5.57 Å². The van der Waals surface area contributed by atoms with Crippen LogP contribution in [-0.2, 0) is 41.7 Å². The minimum absolute atomic E-state index is 0.0323. The molecule has 3 unspecified atom stereocenters. The van der Waals surface area contributed by atoms with Crippen molar-refractivity contribution in [1.29, 1.82) is 0 Å². The molecule has 4 saturated heterocycles. The summed E-state index contributed by atoms with van der Waals surface area (Å²) in [6, 6.07) is 9.28. The Morgan fingerprint density at radius 2 is 1.41 bits per heavy atom. The number of alkyl halides is 1. The van der Waals surface area contributed by atoms with E-state index in [0.29, 0.717) is 30.9 Å². The van der Waals surface area contributed by atoms with Crippen molar-refractivity contribution in [3.63, 3.8) is 0 Å². The van der Waals surface area contributed by atoms with Gasteiger partial charge in [-0.2, -0.15) is 0 Å². The maximum atomic E-state index is 14.0. The molecule has 0 spiro atoms. The summed E-state index contributed by atoms with van der Waals surface area (Å²) >= 11 is 2.49. The van der Waals surface area contributed by atoms with E-state index in [1.54, 1.807) is 7.11 Å². The van der Waals surface area contributed by atoms with E-state index in [-0.39, 0.29) is 63.3 Å². The molecule has 1 aromatic carbocycles. The van der Waals surface area contributed by atoms with Crippen molar-refractivity contribution in [3.05, 3.63) is 60.2 Å². The van der Waals surface area contributed by atoms with E-state index >= 15 is 0 Å². The Balaban J connectivity index is 1.57. The van der Waals surface area contributed by atoms with Crippen LogP contribution in [0.1, 0.15) is 138 Å². The first-order chi connectivity index (χ1) is 31.8. The maximum absolute atomic E-state index is 14.0. The van der Waals surface area contributed by atoms with Gasteiger partial charge in [0.2, 0.25) is 0 Å². The molecule has 0 radical (unpaired) electrons. The molecule has 4 aliphatic heterocycles. The van der Waals surface area contributed by atoms with Crippen molar-refractivity contribution in [2.75, 3.05) is 18.1 Å². The first-order valence-corrected chi connectivity index (χ1v) is 36.4. The summed E-state index contributed by atoms with van der Waals surface area (Å²) in [5, 5.41) is -0.285. The van der Waals surface area contributed by atoms with E-state index < -0.39 is 55.5 Å². The highest BCUT2D eigenvalue weighted by atomic mass is 127. The second-order valence-electron chi connectivity index (χ2n) is 25.6. The van der Waals surface area contributed by atoms with Gasteiger partial charge in [-0.25, -0.2) is 4.79 Å². The van der Waals surface area contributed by atoms with Crippen LogP contribution in [0.3, 0.4) is 0 Å². The van der Waals surface area contributed by atoms with Crippen LogP contribution in [0, 0.1) is 5.92 Å². The number of carbonyl (C=O) groups excluding carboxylic acids is 1. The first-order valence-electron chi connectivity index (χ1n) is 26.2. The summed E-state index contributed by atoms with van der Waals surface area (Å²) in [5.41, 5.74) is 1.38. The van der Waals surface area contributed by atoms with Crippen molar-refractivity contribution < 1.29 is 46.5 Å². The van der Waals surface area contributed by atoms with Gasteiger partial charge in [-0.3, -0.25) is 0 Å². The van der Waals surface area contributed by atoms with Gasteiger partial charge < -0.3 is 41.7 Å². The zero-order chi connectivity index (χ0) is 51.5. The van der Waals surface area contributed by atoms with E-state index in [0.717, 1.165) is 43.0 Å². The number of allylic oxidation sites excluding steroid dienone is 1. The largest absolute Gasteiger partial charge is 0.455 e. The molecule has 0 bridgehead atoms. The fraction of sp³-hybridized carbons (Fsp3) is 0.800. The lowest BCUT2D eigenvalue weighted by Crippen LogP contribution is -2.69. The summed E-state index contributed by atoms with van der Waals surface area (Å²) in [6.45, 7) is 43.5. The maximum Gasteiger partial charge on any atom is 0.338 e. The van der Waals surface area contributed by atoms with Crippen LogP contribution < -0.4 is 0 Å². The van der Waals surface area contributed by atoms with Crippen molar-refractivity contribution >= 4 is 53.5 Å². The molecule has 69 heavy (non-hydrogen) atoms. The normalized spacial score (nSPS) is 30.9. The molecule has 4 fully saturated rings. The molecule has 10 nitrogen and oxygen atoms in total. The van der Waals surface area contributed by atoms with Gasteiger partial charge in [-0.15, -0.1) is 0 Å². The Morgan fingerprint density at radius 3 is 1.97 bits per heavy atom. The minimum atomic E-state index is -2.49. The molecule has 13 atom stereocenters. The van der Waals surface area contributed by atoms with E-state index in [4.69, 9.17) is 41.7 Å². The predicted octanol–water partition coefficient (Wildman–Crippen LogP) is 13.8. The zero-order valence-electron chi connectivity index (χ0n) is 46.2. The monoisotopic (exact) mass is 1130 g/mol. The minimum Gasteiger partial charge on any atom is -0.455 e. The van der Waals surface area contributed by atoms with Crippen LogP contribution in [0.2, 0.25) is 54.4 Å². The van der Waals surface area contributed by atoms with E-state index in [1.807, 2.05) is 30.3 Å². The Kier molecular flexibility index (Phi) is 20.1. The lowest BCUT2D eigenvalue weighted by Gasteiger charge is -2.56. The van der Waals surface area contributed by atoms with Crippen molar-refractivity contribution in [1.82, 2.24) is 0 Å². The Labute approximate surface area is 436 Å². The molecule has 1 aromatic rings. The molecule has 0 N–H and O–H groups in total. The number of halogens is 1. The van der Waals surface area contributed by atoms with Crippen LogP contribution in [0.25, 0.3) is 0 Å². The Bertz CT molecular complexity index is 1860. The molecule has 0 aliphatic carbocycles.